The normalized spacial score (nSPS) is 12.0. The highest BCUT2D eigenvalue weighted by Gasteiger charge is 2.13. The smallest absolute Gasteiger partial charge is 0.331 e. The Bertz CT molecular complexity index is 371. The van der Waals surface area contributed by atoms with Gasteiger partial charge >= 0.3 is 5.97 Å². The van der Waals surface area contributed by atoms with Crippen molar-refractivity contribution in [3.63, 3.8) is 0 Å². The van der Waals surface area contributed by atoms with Gasteiger partial charge in [0.25, 0.3) is 0 Å². The van der Waals surface area contributed by atoms with Crippen LogP contribution in [0.4, 0.5) is 0 Å². The average Bonchev–Trinajstić information content (AvgIpc) is 2.45. The highest BCUT2D eigenvalue weighted by molar-refractivity contribution is 9.10. The van der Waals surface area contributed by atoms with E-state index in [1.807, 2.05) is 20.8 Å². The predicted molar refractivity (Wildman–Crippen MR) is 61.3 cm³/mol. The minimum Gasteiger partial charge on any atom is -0.457 e. The van der Waals surface area contributed by atoms with E-state index in [4.69, 9.17) is 9.15 Å². The third-order valence-corrected chi connectivity index (χ3v) is 1.81. The van der Waals surface area contributed by atoms with Crippen molar-refractivity contribution in [2.45, 2.75) is 26.4 Å². The molecule has 15 heavy (non-hydrogen) atoms. The second-order valence-corrected chi connectivity index (χ2v) is 4.79. The van der Waals surface area contributed by atoms with Crippen molar-refractivity contribution in [1.82, 2.24) is 0 Å². The van der Waals surface area contributed by atoms with Gasteiger partial charge in [0.15, 0.2) is 4.67 Å². The van der Waals surface area contributed by atoms with Crippen LogP contribution in [-0.2, 0) is 9.53 Å². The van der Waals surface area contributed by atoms with Crippen molar-refractivity contribution in [1.29, 1.82) is 0 Å². The van der Waals surface area contributed by atoms with Crippen LogP contribution in [0, 0.1) is 0 Å². The van der Waals surface area contributed by atoms with E-state index in [9.17, 15) is 4.79 Å². The second kappa shape index (κ2) is 4.66. The highest BCUT2D eigenvalue weighted by Crippen LogP contribution is 2.15. The van der Waals surface area contributed by atoms with Crippen LogP contribution in [-0.4, -0.2) is 11.6 Å². The second-order valence-electron chi connectivity index (χ2n) is 4.01. The molecule has 0 aliphatic rings. The summed E-state index contributed by atoms with van der Waals surface area (Å²) in [6, 6.07) is 3.51. The maximum absolute atomic E-state index is 11.3. The zero-order valence-corrected chi connectivity index (χ0v) is 10.5. The molecule has 0 saturated carbocycles. The molecule has 0 aromatic carbocycles. The summed E-state index contributed by atoms with van der Waals surface area (Å²) in [5, 5.41) is 0. The molecule has 0 aliphatic heterocycles. The van der Waals surface area contributed by atoms with Crippen molar-refractivity contribution in [3.05, 3.63) is 28.6 Å². The van der Waals surface area contributed by atoms with Gasteiger partial charge in [-0.2, -0.15) is 0 Å². The molecule has 0 N–H and O–H groups in total. The Morgan fingerprint density at radius 2 is 2.13 bits per heavy atom. The number of carbonyl (C=O) groups excluding carboxylic acids is 1. The molecule has 0 spiro atoms. The molecular formula is C11H13BrO3. The number of halogens is 1. The Morgan fingerprint density at radius 1 is 1.47 bits per heavy atom. The third-order valence-electron chi connectivity index (χ3n) is 1.38. The Morgan fingerprint density at radius 3 is 2.60 bits per heavy atom. The average molecular weight is 273 g/mol. The van der Waals surface area contributed by atoms with Gasteiger partial charge in [-0.25, -0.2) is 4.79 Å². The Balaban J connectivity index is 2.55. The molecule has 0 saturated heterocycles. The quantitative estimate of drug-likeness (QED) is 0.612. The number of esters is 1. The first-order valence-corrected chi connectivity index (χ1v) is 5.32. The zero-order chi connectivity index (χ0) is 11.5. The van der Waals surface area contributed by atoms with Gasteiger partial charge in [0.2, 0.25) is 0 Å². The number of furan rings is 1. The monoisotopic (exact) mass is 272 g/mol. The van der Waals surface area contributed by atoms with Crippen LogP contribution in [0.5, 0.6) is 0 Å². The summed E-state index contributed by atoms with van der Waals surface area (Å²) in [6.07, 6.45) is 2.91. The zero-order valence-electron chi connectivity index (χ0n) is 8.91. The molecule has 1 aromatic rings. The van der Waals surface area contributed by atoms with Crippen molar-refractivity contribution in [2.75, 3.05) is 0 Å². The van der Waals surface area contributed by atoms with Gasteiger partial charge in [-0.05, 0) is 54.9 Å². The lowest BCUT2D eigenvalue weighted by Gasteiger charge is -2.17. The lowest BCUT2D eigenvalue weighted by molar-refractivity contribution is -0.148. The fourth-order valence-electron chi connectivity index (χ4n) is 0.904. The standard InChI is InChI=1S/C11H13BrO3/c1-11(2,3)15-10(13)7-5-8-4-6-9(12)14-8/h4-7H,1-3H3. The van der Waals surface area contributed by atoms with Gasteiger partial charge in [0.05, 0.1) is 0 Å². The summed E-state index contributed by atoms with van der Waals surface area (Å²) >= 11 is 3.17. The topological polar surface area (TPSA) is 39.4 Å². The summed E-state index contributed by atoms with van der Waals surface area (Å²) in [5.74, 6) is 0.225. The molecule has 0 fully saturated rings. The van der Waals surface area contributed by atoms with Crippen LogP contribution in [0.25, 0.3) is 6.08 Å². The highest BCUT2D eigenvalue weighted by atomic mass is 79.9. The third kappa shape index (κ3) is 4.83. The molecule has 0 unspecified atom stereocenters. The first kappa shape index (κ1) is 12.0. The van der Waals surface area contributed by atoms with E-state index in [-0.39, 0.29) is 5.97 Å². The van der Waals surface area contributed by atoms with Crippen molar-refractivity contribution < 1.29 is 13.9 Å². The molecule has 4 heteroatoms. The van der Waals surface area contributed by atoms with E-state index >= 15 is 0 Å². The first-order chi connectivity index (χ1) is 6.87. The molecule has 0 radical (unpaired) electrons. The predicted octanol–water partition coefficient (Wildman–Crippen LogP) is 3.40. The van der Waals surface area contributed by atoms with Gasteiger partial charge in [0, 0.05) is 6.08 Å². The number of hydrogen-bond acceptors (Lipinski definition) is 3. The minimum absolute atomic E-state index is 0.380. The van der Waals surface area contributed by atoms with Crippen molar-refractivity contribution >= 4 is 28.0 Å². The molecule has 0 amide bonds. The number of carbonyl (C=O) groups is 1. The van der Waals surface area contributed by atoms with Gasteiger partial charge in [-0.15, -0.1) is 0 Å². The summed E-state index contributed by atoms with van der Waals surface area (Å²) in [6.45, 7) is 5.46. The lowest BCUT2D eigenvalue weighted by Crippen LogP contribution is -2.22. The van der Waals surface area contributed by atoms with E-state index in [0.29, 0.717) is 10.4 Å². The van der Waals surface area contributed by atoms with Crippen LogP contribution >= 0.6 is 15.9 Å². The fraction of sp³-hybridized carbons (Fsp3) is 0.364. The Labute approximate surface area is 97.2 Å². The molecule has 82 valence electrons. The summed E-state index contributed by atoms with van der Waals surface area (Å²) in [7, 11) is 0. The molecule has 0 aliphatic carbocycles. The van der Waals surface area contributed by atoms with E-state index in [1.165, 1.54) is 6.08 Å². The molecule has 0 bridgehead atoms. The van der Waals surface area contributed by atoms with E-state index in [2.05, 4.69) is 15.9 Å². The van der Waals surface area contributed by atoms with Crippen LogP contribution in [0.1, 0.15) is 26.5 Å². The molecular weight excluding hydrogens is 260 g/mol. The van der Waals surface area contributed by atoms with Crippen LogP contribution in [0.3, 0.4) is 0 Å². The SMILES string of the molecule is CC(C)(C)OC(=O)C=Cc1ccc(Br)o1. The summed E-state index contributed by atoms with van der Waals surface area (Å²) in [5.41, 5.74) is -0.467. The van der Waals surface area contributed by atoms with E-state index in [1.54, 1.807) is 18.2 Å². The fourth-order valence-corrected chi connectivity index (χ4v) is 1.22. The Kier molecular flexibility index (Phi) is 3.74. The minimum atomic E-state index is -0.467. The molecule has 1 aromatic heterocycles. The van der Waals surface area contributed by atoms with Crippen LogP contribution in [0.2, 0.25) is 0 Å². The van der Waals surface area contributed by atoms with Crippen LogP contribution < -0.4 is 0 Å². The van der Waals surface area contributed by atoms with Gasteiger partial charge in [-0.1, -0.05) is 0 Å². The number of hydrogen-bond donors (Lipinski definition) is 0. The number of ether oxygens (including phenoxy) is 1. The van der Waals surface area contributed by atoms with E-state index < -0.39 is 5.60 Å². The largest absolute Gasteiger partial charge is 0.457 e. The summed E-state index contributed by atoms with van der Waals surface area (Å²) < 4.78 is 10.9. The van der Waals surface area contributed by atoms with Crippen molar-refractivity contribution in [3.8, 4) is 0 Å². The van der Waals surface area contributed by atoms with Gasteiger partial charge in [-0.3, -0.25) is 0 Å². The van der Waals surface area contributed by atoms with Crippen LogP contribution in [0.15, 0.2) is 27.3 Å². The molecule has 1 heterocycles. The van der Waals surface area contributed by atoms with Gasteiger partial charge < -0.3 is 9.15 Å². The first-order valence-electron chi connectivity index (χ1n) is 4.53. The van der Waals surface area contributed by atoms with Crippen molar-refractivity contribution in [2.24, 2.45) is 0 Å². The summed E-state index contributed by atoms with van der Waals surface area (Å²) in [4.78, 5) is 11.3. The van der Waals surface area contributed by atoms with E-state index in [0.717, 1.165) is 0 Å². The molecule has 0 atom stereocenters. The maximum atomic E-state index is 11.3. The molecule has 3 nitrogen and oxygen atoms in total. The Hall–Kier alpha value is -1.03. The molecule has 1 rings (SSSR count). The maximum Gasteiger partial charge on any atom is 0.331 e. The number of rotatable bonds is 2. The van der Waals surface area contributed by atoms with Gasteiger partial charge in [0.1, 0.15) is 11.4 Å². The lowest BCUT2D eigenvalue weighted by atomic mass is 10.2.